The van der Waals surface area contributed by atoms with Crippen LogP contribution in [0.25, 0.3) is 0 Å². The Morgan fingerprint density at radius 3 is 2.50 bits per heavy atom. The molecule has 0 N–H and O–H groups in total. The Labute approximate surface area is 122 Å². The van der Waals surface area contributed by atoms with Crippen LogP contribution < -0.4 is 0 Å². The fraction of sp³-hybridized carbons (Fsp3) is 0.500. The van der Waals surface area contributed by atoms with E-state index in [0.717, 1.165) is 23.1 Å². The van der Waals surface area contributed by atoms with Crippen molar-refractivity contribution in [1.29, 1.82) is 0 Å². The van der Waals surface area contributed by atoms with Gasteiger partial charge in [0.2, 0.25) is 0 Å². The lowest BCUT2D eigenvalue weighted by Crippen LogP contribution is -2.35. The zero-order valence-electron chi connectivity index (χ0n) is 11.1. The molecule has 2 nitrogen and oxygen atoms in total. The monoisotopic (exact) mass is 329 g/mol. The molecule has 0 spiro atoms. The minimum absolute atomic E-state index is 0.102. The van der Waals surface area contributed by atoms with E-state index in [1.54, 1.807) is 0 Å². The third kappa shape index (κ3) is 4.32. The number of hydrogen-bond acceptors (Lipinski definition) is 2. The topological polar surface area (TPSA) is 20.3 Å². The van der Waals surface area contributed by atoms with E-state index in [1.807, 2.05) is 48.0 Å². The summed E-state index contributed by atoms with van der Waals surface area (Å²) in [4.78, 5) is 14.1. The zero-order chi connectivity index (χ0) is 13.5. The van der Waals surface area contributed by atoms with Gasteiger partial charge in [0.15, 0.2) is 0 Å². The largest absolute Gasteiger partial charge is 0.339 e. The standard InChI is InChI=1S/C14H20BrNOS/c1-11(8-9-18-3)16(2)14(17)13-6-4-12(10-15)5-7-13/h4-7,11H,8-10H2,1-3H3. The van der Waals surface area contributed by atoms with Crippen molar-refractivity contribution in [2.24, 2.45) is 0 Å². The highest BCUT2D eigenvalue weighted by molar-refractivity contribution is 9.08. The molecular formula is C14H20BrNOS. The van der Waals surface area contributed by atoms with Crippen molar-refractivity contribution in [2.45, 2.75) is 24.7 Å². The molecule has 1 unspecified atom stereocenters. The Bertz CT molecular complexity index is 380. The van der Waals surface area contributed by atoms with Gasteiger partial charge in [-0.1, -0.05) is 28.1 Å². The van der Waals surface area contributed by atoms with E-state index >= 15 is 0 Å². The van der Waals surface area contributed by atoms with Gasteiger partial charge >= 0.3 is 0 Å². The first kappa shape index (κ1) is 15.6. The Hall–Kier alpha value is -0.480. The van der Waals surface area contributed by atoms with Crippen LogP contribution in [-0.4, -0.2) is 35.9 Å². The normalized spacial score (nSPS) is 12.2. The van der Waals surface area contributed by atoms with Gasteiger partial charge in [0, 0.05) is 24.0 Å². The van der Waals surface area contributed by atoms with Crippen LogP contribution in [0.15, 0.2) is 24.3 Å². The molecule has 4 heteroatoms. The highest BCUT2D eigenvalue weighted by Crippen LogP contribution is 2.13. The van der Waals surface area contributed by atoms with Crippen LogP contribution in [0.2, 0.25) is 0 Å². The van der Waals surface area contributed by atoms with E-state index in [1.165, 1.54) is 5.56 Å². The molecule has 0 heterocycles. The molecule has 0 fully saturated rings. The maximum absolute atomic E-state index is 12.3. The summed E-state index contributed by atoms with van der Waals surface area (Å²) in [7, 11) is 1.88. The summed E-state index contributed by atoms with van der Waals surface area (Å²) in [6, 6.07) is 8.05. The molecule has 0 bridgehead atoms. The summed E-state index contributed by atoms with van der Waals surface area (Å²) in [5.74, 6) is 1.19. The van der Waals surface area contributed by atoms with Crippen LogP contribution in [0.4, 0.5) is 0 Å². The van der Waals surface area contributed by atoms with Crippen molar-refractivity contribution in [3.8, 4) is 0 Å². The van der Waals surface area contributed by atoms with E-state index in [4.69, 9.17) is 0 Å². The minimum Gasteiger partial charge on any atom is -0.339 e. The Morgan fingerprint density at radius 2 is 2.00 bits per heavy atom. The average Bonchev–Trinajstić information content (AvgIpc) is 2.43. The van der Waals surface area contributed by atoms with Crippen molar-refractivity contribution in [3.63, 3.8) is 0 Å². The van der Waals surface area contributed by atoms with E-state index in [-0.39, 0.29) is 11.9 Å². The van der Waals surface area contributed by atoms with E-state index in [0.29, 0.717) is 0 Å². The Kier molecular flexibility index (Phi) is 6.79. The quantitative estimate of drug-likeness (QED) is 0.740. The molecule has 0 saturated heterocycles. The summed E-state index contributed by atoms with van der Waals surface area (Å²) in [6.07, 6.45) is 3.12. The average molecular weight is 330 g/mol. The number of rotatable bonds is 6. The second kappa shape index (κ2) is 7.85. The van der Waals surface area contributed by atoms with Crippen LogP contribution in [0.5, 0.6) is 0 Å². The molecule has 0 aliphatic rings. The second-order valence-electron chi connectivity index (χ2n) is 4.38. The van der Waals surface area contributed by atoms with Gasteiger partial charge in [-0.05, 0) is 43.0 Å². The summed E-state index contributed by atoms with van der Waals surface area (Å²) in [5.41, 5.74) is 1.95. The molecule has 18 heavy (non-hydrogen) atoms. The SMILES string of the molecule is CSCCC(C)N(C)C(=O)c1ccc(CBr)cc1. The van der Waals surface area contributed by atoms with Crippen molar-refractivity contribution in [3.05, 3.63) is 35.4 Å². The maximum Gasteiger partial charge on any atom is 0.253 e. The van der Waals surface area contributed by atoms with Gasteiger partial charge in [-0.25, -0.2) is 0 Å². The van der Waals surface area contributed by atoms with Gasteiger partial charge in [0.05, 0.1) is 0 Å². The highest BCUT2D eigenvalue weighted by atomic mass is 79.9. The Morgan fingerprint density at radius 1 is 1.39 bits per heavy atom. The predicted molar refractivity (Wildman–Crippen MR) is 83.6 cm³/mol. The van der Waals surface area contributed by atoms with Gasteiger partial charge in [-0.3, -0.25) is 4.79 Å². The first-order valence-corrected chi connectivity index (χ1v) is 8.52. The molecule has 1 atom stereocenters. The number of nitrogens with zero attached hydrogens (tertiary/aromatic N) is 1. The van der Waals surface area contributed by atoms with Crippen molar-refractivity contribution in [1.82, 2.24) is 4.90 Å². The molecule has 1 aromatic rings. The highest BCUT2D eigenvalue weighted by Gasteiger charge is 2.16. The van der Waals surface area contributed by atoms with Crippen LogP contribution in [0.1, 0.15) is 29.3 Å². The summed E-state index contributed by atoms with van der Waals surface area (Å²) in [5, 5.41) is 0.821. The van der Waals surface area contributed by atoms with Gasteiger partial charge in [-0.15, -0.1) is 0 Å². The Balaban J connectivity index is 2.67. The minimum atomic E-state index is 0.102. The molecule has 0 saturated carbocycles. The van der Waals surface area contributed by atoms with Crippen LogP contribution in [-0.2, 0) is 5.33 Å². The lowest BCUT2D eigenvalue weighted by atomic mass is 10.1. The lowest BCUT2D eigenvalue weighted by Gasteiger charge is -2.25. The van der Waals surface area contributed by atoms with Crippen molar-refractivity contribution in [2.75, 3.05) is 19.1 Å². The third-order valence-electron chi connectivity index (χ3n) is 3.08. The number of halogens is 1. The molecule has 1 amide bonds. The summed E-state index contributed by atoms with van der Waals surface area (Å²) in [6.45, 7) is 2.10. The summed E-state index contributed by atoms with van der Waals surface area (Å²) >= 11 is 5.22. The van der Waals surface area contributed by atoms with E-state index in [9.17, 15) is 4.79 Å². The van der Waals surface area contributed by atoms with Gasteiger partial charge < -0.3 is 4.90 Å². The summed E-state index contributed by atoms with van der Waals surface area (Å²) < 4.78 is 0. The van der Waals surface area contributed by atoms with Crippen LogP contribution in [0.3, 0.4) is 0 Å². The number of amides is 1. The first-order valence-electron chi connectivity index (χ1n) is 6.01. The number of hydrogen-bond donors (Lipinski definition) is 0. The molecule has 100 valence electrons. The van der Waals surface area contributed by atoms with Crippen LogP contribution in [0, 0.1) is 0 Å². The van der Waals surface area contributed by atoms with E-state index in [2.05, 4.69) is 29.1 Å². The number of thioether (sulfide) groups is 1. The van der Waals surface area contributed by atoms with Gasteiger partial charge in [0.25, 0.3) is 5.91 Å². The molecule has 0 aromatic heterocycles. The smallest absolute Gasteiger partial charge is 0.253 e. The zero-order valence-corrected chi connectivity index (χ0v) is 13.6. The molecule has 0 radical (unpaired) electrons. The number of carbonyl (C=O) groups is 1. The van der Waals surface area contributed by atoms with Crippen molar-refractivity contribution < 1.29 is 4.79 Å². The van der Waals surface area contributed by atoms with Crippen LogP contribution >= 0.6 is 27.7 Å². The fourth-order valence-electron chi connectivity index (χ4n) is 1.62. The molecule has 0 aliphatic heterocycles. The first-order chi connectivity index (χ1) is 8.60. The second-order valence-corrected chi connectivity index (χ2v) is 5.92. The predicted octanol–water partition coefficient (Wildman–Crippen LogP) is 3.80. The number of alkyl halides is 1. The molecule has 0 aliphatic carbocycles. The molecule has 1 rings (SSSR count). The van der Waals surface area contributed by atoms with Crippen molar-refractivity contribution >= 4 is 33.6 Å². The van der Waals surface area contributed by atoms with Gasteiger partial charge in [0.1, 0.15) is 0 Å². The number of benzene rings is 1. The maximum atomic E-state index is 12.3. The molecular weight excluding hydrogens is 310 g/mol. The van der Waals surface area contributed by atoms with Gasteiger partial charge in [-0.2, -0.15) is 11.8 Å². The third-order valence-corrected chi connectivity index (χ3v) is 4.37. The van der Waals surface area contributed by atoms with E-state index < -0.39 is 0 Å². The number of carbonyl (C=O) groups excluding carboxylic acids is 1. The lowest BCUT2D eigenvalue weighted by molar-refractivity contribution is 0.0741. The molecule has 1 aromatic carbocycles. The fourth-order valence-corrected chi connectivity index (χ4v) is 2.57.